The molecule has 1 aliphatic rings. The van der Waals surface area contributed by atoms with Gasteiger partial charge in [0.25, 0.3) is 0 Å². The van der Waals surface area contributed by atoms with E-state index >= 15 is 0 Å². The van der Waals surface area contributed by atoms with Crippen LogP contribution in [0.3, 0.4) is 0 Å². The van der Waals surface area contributed by atoms with Gasteiger partial charge in [-0.05, 0) is 24.3 Å². The van der Waals surface area contributed by atoms with Gasteiger partial charge in [0.05, 0.1) is 51.6 Å². The van der Waals surface area contributed by atoms with Crippen LogP contribution in [0.15, 0.2) is 48.5 Å². The second-order valence-corrected chi connectivity index (χ2v) is 6.40. The molecule has 5 heteroatoms. The van der Waals surface area contributed by atoms with Crippen LogP contribution in [-0.2, 0) is 0 Å². The highest BCUT2D eigenvalue weighted by atomic mass is 16.5. The summed E-state index contributed by atoms with van der Waals surface area (Å²) < 4.78 is 11.1. The first-order chi connectivity index (χ1) is 12.3. The van der Waals surface area contributed by atoms with Crippen molar-refractivity contribution >= 4 is 5.69 Å². The number of methoxy groups -OCH3 is 2. The Balaban J connectivity index is 1.72. The summed E-state index contributed by atoms with van der Waals surface area (Å²) >= 11 is 0. The van der Waals surface area contributed by atoms with Gasteiger partial charge in [-0.3, -0.25) is 0 Å². The SMILES string of the molecule is COc1ccccc1[C@H](C[NH3+])[NH+]1CCN(c2ccccc2OC)CC1. The minimum Gasteiger partial charge on any atom is -0.496 e. The number of nitrogens with zero attached hydrogens (tertiary/aromatic N) is 1. The summed E-state index contributed by atoms with van der Waals surface area (Å²) in [6.45, 7) is 5.06. The molecule has 0 spiro atoms. The van der Waals surface area contributed by atoms with Crippen LogP contribution in [0.2, 0.25) is 0 Å². The van der Waals surface area contributed by atoms with Gasteiger partial charge in [-0.25, -0.2) is 0 Å². The molecule has 0 unspecified atom stereocenters. The average molecular weight is 343 g/mol. The Hall–Kier alpha value is -2.24. The summed E-state index contributed by atoms with van der Waals surface area (Å²) in [7, 11) is 3.48. The van der Waals surface area contributed by atoms with Gasteiger partial charge < -0.3 is 25.0 Å². The molecule has 0 amide bonds. The number of anilines is 1. The number of nitrogens with one attached hydrogen (secondary N) is 1. The Labute approximate surface area is 149 Å². The van der Waals surface area contributed by atoms with Crippen molar-refractivity contribution in [3.05, 3.63) is 54.1 Å². The standard InChI is InChI=1S/C20H27N3O2/c1-24-19-9-5-3-7-16(19)18(15-21)23-13-11-22(12-14-23)17-8-4-6-10-20(17)25-2/h3-10,18H,11-15,21H2,1-2H3/p+2/t18-/m0/s1. The molecule has 134 valence electrons. The van der Waals surface area contributed by atoms with Crippen molar-refractivity contribution in [2.75, 3.05) is 51.8 Å². The molecular formula is C20H29N3O2+2. The molecule has 2 aromatic rings. The predicted octanol–water partition coefficient (Wildman–Crippen LogP) is 0.392. The second kappa shape index (κ2) is 8.23. The third-order valence-electron chi connectivity index (χ3n) is 5.13. The zero-order valence-electron chi connectivity index (χ0n) is 15.2. The number of benzene rings is 2. The number of rotatable bonds is 6. The molecule has 0 radical (unpaired) electrons. The molecule has 2 aromatic carbocycles. The summed E-state index contributed by atoms with van der Waals surface area (Å²) in [5, 5.41) is 0. The molecule has 1 atom stereocenters. The van der Waals surface area contributed by atoms with E-state index in [0.29, 0.717) is 6.04 Å². The first kappa shape index (κ1) is 17.6. The van der Waals surface area contributed by atoms with Crippen LogP contribution in [0, 0.1) is 0 Å². The minimum atomic E-state index is 0.371. The first-order valence-corrected chi connectivity index (χ1v) is 8.93. The van der Waals surface area contributed by atoms with Crippen LogP contribution < -0.4 is 25.0 Å². The Kier molecular flexibility index (Phi) is 5.79. The number of quaternary nitrogens is 2. The zero-order valence-corrected chi connectivity index (χ0v) is 15.2. The van der Waals surface area contributed by atoms with E-state index in [2.05, 4.69) is 34.9 Å². The molecule has 0 bridgehead atoms. The van der Waals surface area contributed by atoms with Crippen molar-refractivity contribution in [2.24, 2.45) is 0 Å². The number of ether oxygens (including phenoxy) is 2. The maximum Gasteiger partial charge on any atom is 0.166 e. The molecule has 0 saturated carbocycles. The summed E-state index contributed by atoms with van der Waals surface area (Å²) in [4.78, 5) is 4.00. The van der Waals surface area contributed by atoms with Crippen molar-refractivity contribution in [1.29, 1.82) is 0 Å². The Morgan fingerprint density at radius 2 is 1.56 bits per heavy atom. The van der Waals surface area contributed by atoms with Crippen LogP contribution in [0.4, 0.5) is 5.69 Å². The lowest BCUT2D eigenvalue weighted by molar-refractivity contribution is -0.938. The zero-order chi connectivity index (χ0) is 17.6. The lowest BCUT2D eigenvalue weighted by Gasteiger charge is -2.37. The highest BCUT2D eigenvalue weighted by Crippen LogP contribution is 2.28. The molecule has 0 aromatic heterocycles. The van der Waals surface area contributed by atoms with E-state index in [1.807, 2.05) is 24.3 Å². The monoisotopic (exact) mass is 343 g/mol. The van der Waals surface area contributed by atoms with Crippen molar-refractivity contribution in [3.63, 3.8) is 0 Å². The Morgan fingerprint density at radius 3 is 2.20 bits per heavy atom. The molecular weight excluding hydrogens is 314 g/mol. The Bertz CT molecular complexity index is 684. The maximum atomic E-state index is 5.57. The van der Waals surface area contributed by atoms with E-state index in [1.54, 1.807) is 19.1 Å². The van der Waals surface area contributed by atoms with E-state index in [4.69, 9.17) is 9.47 Å². The molecule has 3 rings (SSSR count). The highest BCUT2D eigenvalue weighted by Gasteiger charge is 2.31. The largest absolute Gasteiger partial charge is 0.496 e. The topological polar surface area (TPSA) is 53.8 Å². The fraction of sp³-hybridized carbons (Fsp3) is 0.400. The fourth-order valence-electron chi connectivity index (χ4n) is 3.81. The van der Waals surface area contributed by atoms with Gasteiger partial charge in [0.15, 0.2) is 6.04 Å². The molecule has 25 heavy (non-hydrogen) atoms. The van der Waals surface area contributed by atoms with E-state index < -0.39 is 0 Å². The van der Waals surface area contributed by atoms with Crippen LogP contribution >= 0.6 is 0 Å². The second-order valence-electron chi connectivity index (χ2n) is 6.40. The quantitative estimate of drug-likeness (QED) is 0.798. The van der Waals surface area contributed by atoms with Gasteiger partial charge >= 0.3 is 0 Å². The van der Waals surface area contributed by atoms with Crippen LogP contribution in [0.5, 0.6) is 11.5 Å². The summed E-state index contributed by atoms with van der Waals surface area (Å²) in [6, 6.07) is 17.0. The molecule has 4 N–H and O–H groups in total. The molecule has 0 aliphatic carbocycles. The smallest absolute Gasteiger partial charge is 0.166 e. The van der Waals surface area contributed by atoms with Gasteiger partial charge in [-0.15, -0.1) is 0 Å². The lowest BCUT2D eigenvalue weighted by Crippen LogP contribution is -3.16. The molecule has 1 fully saturated rings. The van der Waals surface area contributed by atoms with Gasteiger partial charge in [0, 0.05) is 0 Å². The highest BCUT2D eigenvalue weighted by molar-refractivity contribution is 5.58. The fourth-order valence-corrected chi connectivity index (χ4v) is 3.81. The van der Waals surface area contributed by atoms with Crippen LogP contribution in [0.25, 0.3) is 0 Å². The van der Waals surface area contributed by atoms with Crippen molar-refractivity contribution in [1.82, 2.24) is 0 Å². The normalized spacial score (nSPS) is 16.5. The number of hydrogen-bond donors (Lipinski definition) is 2. The van der Waals surface area contributed by atoms with Crippen LogP contribution in [0.1, 0.15) is 11.6 Å². The van der Waals surface area contributed by atoms with Crippen LogP contribution in [-0.4, -0.2) is 46.9 Å². The number of hydrogen-bond acceptors (Lipinski definition) is 3. The van der Waals surface area contributed by atoms with E-state index in [0.717, 1.165) is 44.2 Å². The third kappa shape index (κ3) is 3.72. The number of para-hydroxylation sites is 3. The van der Waals surface area contributed by atoms with Crippen molar-refractivity contribution < 1.29 is 20.1 Å². The summed E-state index contributed by atoms with van der Waals surface area (Å²) in [5.41, 5.74) is 6.66. The van der Waals surface area contributed by atoms with Crippen molar-refractivity contribution in [3.8, 4) is 11.5 Å². The molecule has 1 heterocycles. The van der Waals surface area contributed by atoms with Gasteiger partial charge in [-0.2, -0.15) is 0 Å². The van der Waals surface area contributed by atoms with Crippen molar-refractivity contribution in [2.45, 2.75) is 6.04 Å². The molecule has 1 saturated heterocycles. The van der Waals surface area contributed by atoms with E-state index in [9.17, 15) is 0 Å². The lowest BCUT2D eigenvalue weighted by atomic mass is 10.0. The van der Waals surface area contributed by atoms with E-state index in [1.165, 1.54) is 11.3 Å². The summed E-state index contributed by atoms with van der Waals surface area (Å²) in [5.74, 6) is 1.92. The molecule has 5 nitrogen and oxygen atoms in total. The minimum absolute atomic E-state index is 0.371. The maximum absolute atomic E-state index is 5.57. The van der Waals surface area contributed by atoms with E-state index in [-0.39, 0.29) is 0 Å². The third-order valence-corrected chi connectivity index (χ3v) is 5.13. The Morgan fingerprint density at radius 1 is 0.960 bits per heavy atom. The van der Waals surface area contributed by atoms with Gasteiger partial charge in [-0.1, -0.05) is 24.3 Å². The average Bonchev–Trinajstić information content (AvgIpc) is 2.69. The van der Waals surface area contributed by atoms with Gasteiger partial charge in [0.1, 0.15) is 18.0 Å². The summed E-state index contributed by atoms with van der Waals surface area (Å²) in [6.07, 6.45) is 0. The van der Waals surface area contributed by atoms with Gasteiger partial charge in [0.2, 0.25) is 0 Å². The predicted molar refractivity (Wildman–Crippen MR) is 99.4 cm³/mol. The first-order valence-electron chi connectivity index (χ1n) is 8.93. The number of piperazine rings is 1. The molecule has 1 aliphatic heterocycles.